The molecule has 0 unspecified atom stereocenters. The second-order valence-corrected chi connectivity index (χ2v) is 5.19. The number of thiocarbonyl (C=S) groups is 1. The Balaban J connectivity index is 1.90. The van der Waals surface area contributed by atoms with Crippen molar-refractivity contribution in [1.29, 1.82) is 0 Å². The number of aromatic nitrogens is 2. The van der Waals surface area contributed by atoms with E-state index in [0.717, 1.165) is 31.3 Å². The number of hydrogen-bond donors (Lipinski definition) is 0. The van der Waals surface area contributed by atoms with Gasteiger partial charge in [-0.05, 0) is 25.5 Å². The molecule has 0 spiro atoms. The molecule has 2 rings (SSSR count). The van der Waals surface area contributed by atoms with Crippen molar-refractivity contribution in [3.05, 3.63) is 12.4 Å². The molecule has 0 aliphatic carbocycles. The van der Waals surface area contributed by atoms with Gasteiger partial charge >= 0.3 is 0 Å². The van der Waals surface area contributed by atoms with Gasteiger partial charge in [0.1, 0.15) is 0 Å². The Kier molecular flexibility index (Phi) is 4.73. The maximum absolute atomic E-state index is 5.59. The van der Waals surface area contributed by atoms with Crippen molar-refractivity contribution in [3.63, 3.8) is 0 Å². The largest absolute Gasteiger partial charge is 0.428 e. The molecule has 0 amide bonds. The van der Waals surface area contributed by atoms with Crippen LogP contribution in [0.15, 0.2) is 17.6 Å². The zero-order valence-corrected chi connectivity index (χ0v) is 12.1. The summed E-state index contributed by atoms with van der Waals surface area (Å²) >= 11 is 6.78. The minimum Gasteiger partial charge on any atom is -0.428 e. The van der Waals surface area contributed by atoms with Crippen LogP contribution in [0.4, 0.5) is 0 Å². The summed E-state index contributed by atoms with van der Waals surface area (Å²) in [5.74, 6) is 0.594. The highest BCUT2D eigenvalue weighted by Crippen LogP contribution is 2.13. The van der Waals surface area contributed by atoms with Crippen LogP contribution in [0.1, 0.15) is 0 Å². The quantitative estimate of drug-likeness (QED) is 0.458. The van der Waals surface area contributed by atoms with Crippen molar-refractivity contribution < 1.29 is 4.74 Å². The number of ether oxygens (including phenoxy) is 1. The third-order valence-corrected chi connectivity index (χ3v) is 3.67. The molecule has 0 radical (unpaired) electrons. The standard InChI is InChI=1S/C11H16N4OS2/c1-14-3-5-15(6-4-14)11(17)16-9-7-12-10(18-2)13-8-9/h7-8H,3-6H2,1-2H3. The number of likely N-dealkylation sites (N-methyl/N-ethyl adjacent to an activating group) is 1. The predicted molar refractivity (Wildman–Crippen MR) is 76.1 cm³/mol. The average Bonchev–Trinajstić information content (AvgIpc) is 2.40. The smallest absolute Gasteiger partial charge is 0.265 e. The van der Waals surface area contributed by atoms with Crippen molar-refractivity contribution in [1.82, 2.24) is 19.8 Å². The minimum atomic E-state index is 0.503. The van der Waals surface area contributed by atoms with Gasteiger partial charge in [0.2, 0.25) is 0 Å². The van der Waals surface area contributed by atoms with Gasteiger partial charge in [0.05, 0.1) is 12.4 Å². The van der Waals surface area contributed by atoms with Crippen LogP contribution >= 0.6 is 24.0 Å². The van der Waals surface area contributed by atoms with Gasteiger partial charge in [-0.15, -0.1) is 0 Å². The molecule has 0 N–H and O–H groups in total. The molecule has 98 valence electrons. The molecule has 2 heterocycles. The highest BCUT2D eigenvalue weighted by Gasteiger charge is 2.17. The second-order valence-electron chi connectivity index (χ2n) is 4.06. The topological polar surface area (TPSA) is 41.5 Å². The number of rotatable bonds is 2. The van der Waals surface area contributed by atoms with Gasteiger partial charge < -0.3 is 14.5 Å². The van der Waals surface area contributed by atoms with Crippen molar-refractivity contribution in [2.75, 3.05) is 39.5 Å². The summed E-state index contributed by atoms with van der Waals surface area (Å²) in [6.07, 6.45) is 5.24. The van der Waals surface area contributed by atoms with Gasteiger partial charge in [-0.25, -0.2) is 9.97 Å². The summed E-state index contributed by atoms with van der Waals surface area (Å²) in [6, 6.07) is 0. The van der Waals surface area contributed by atoms with Crippen LogP contribution in [-0.2, 0) is 0 Å². The molecule has 1 fully saturated rings. The maximum Gasteiger partial charge on any atom is 0.265 e. The van der Waals surface area contributed by atoms with E-state index in [1.807, 2.05) is 6.26 Å². The van der Waals surface area contributed by atoms with Crippen LogP contribution in [0.2, 0.25) is 0 Å². The molecule has 1 saturated heterocycles. The van der Waals surface area contributed by atoms with Gasteiger partial charge in [0.15, 0.2) is 10.9 Å². The number of thioether (sulfide) groups is 1. The van der Waals surface area contributed by atoms with Crippen molar-refractivity contribution in [2.45, 2.75) is 5.16 Å². The Hall–Kier alpha value is -0.920. The highest BCUT2D eigenvalue weighted by atomic mass is 32.2. The molecule has 1 aliphatic rings. The van der Waals surface area contributed by atoms with Gasteiger partial charge in [-0.3, -0.25) is 0 Å². The normalized spacial score (nSPS) is 16.7. The molecular weight excluding hydrogens is 268 g/mol. The Morgan fingerprint density at radius 3 is 2.44 bits per heavy atom. The Bertz CT molecular complexity index is 404. The molecule has 1 aliphatic heterocycles. The van der Waals surface area contributed by atoms with E-state index in [1.54, 1.807) is 12.4 Å². The number of nitrogens with zero attached hydrogens (tertiary/aromatic N) is 4. The van der Waals surface area contributed by atoms with E-state index < -0.39 is 0 Å². The van der Waals surface area contributed by atoms with E-state index in [4.69, 9.17) is 17.0 Å². The minimum absolute atomic E-state index is 0.503. The molecule has 18 heavy (non-hydrogen) atoms. The Morgan fingerprint density at radius 2 is 1.89 bits per heavy atom. The van der Waals surface area contributed by atoms with Crippen LogP contribution in [0, 0.1) is 0 Å². The molecule has 0 aromatic carbocycles. The first-order chi connectivity index (χ1) is 8.69. The summed E-state index contributed by atoms with van der Waals surface area (Å²) in [5.41, 5.74) is 0. The molecular formula is C11H16N4OS2. The average molecular weight is 284 g/mol. The lowest BCUT2D eigenvalue weighted by Gasteiger charge is -2.33. The van der Waals surface area contributed by atoms with Crippen molar-refractivity contribution in [2.24, 2.45) is 0 Å². The number of hydrogen-bond acceptors (Lipinski definition) is 6. The lowest BCUT2D eigenvalue weighted by Crippen LogP contribution is -2.48. The summed E-state index contributed by atoms with van der Waals surface area (Å²) < 4.78 is 5.59. The molecule has 1 aromatic rings. The fourth-order valence-electron chi connectivity index (χ4n) is 1.62. The third-order valence-electron chi connectivity index (χ3n) is 2.75. The van der Waals surface area contributed by atoms with E-state index in [1.165, 1.54) is 11.8 Å². The summed E-state index contributed by atoms with van der Waals surface area (Å²) in [4.78, 5) is 12.6. The van der Waals surface area contributed by atoms with E-state index in [-0.39, 0.29) is 0 Å². The zero-order valence-electron chi connectivity index (χ0n) is 10.5. The molecule has 0 saturated carbocycles. The molecule has 7 heteroatoms. The van der Waals surface area contributed by atoms with E-state index in [2.05, 4.69) is 26.8 Å². The molecule has 5 nitrogen and oxygen atoms in total. The van der Waals surface area contributed by atoms with E-state index in [0.29, 0.717) is 10.9 Å². The zero-order chi connectivity index (χ0) is 13.0. The van der Waals surface area contributed by atoms with Crippen molar-refractivity contribution in [3.8, 4) is 5.75 Å². The first-order valence-electron chi connectivity index (χ1n) is 5.70. The fourth-order valence-corrected chi connectivity index (χ4v) is 2.21. The fraction of sp³-hybridized carbons (Fsp3) is 0.545. The molecule has 1 aromatic heterocycles. The van der Waals surface area contributed by atoms with Crippen molar-refractivity contribution >= 4 is 29.2 Å². The van der Waals surface area contributed by atoms with Crippen LogP contribution in [0.3, 0.4) is 0 Å². The predicted octanol–water partition coefficient (Wildman–Crippen LogP) is 1.11. The number of piperazine rings is 1. The van der Waals surface area contributed by atoms with Crippen LogP contribution < -0.4 is 4.74 Å². The van der Waals surface area contributed by atoms with Gasteiger partial charge in [-0.1, -0.05) is 11.8 Å². The van der Waals surface area contributed by atoms with Crippen LogP contribution in [0.5, 0.6) is 5.75 Å². The molecule has 0 atom stereocenters. The Morgan fingerprint density at radius 1 is 1.28 bits per heavy atom. The first kappa shape index (κ1) is 13.5. The Labute approximate surface area is 117 Å². The lowest BCUT2D eigenvalue weighted by molar-refractivity contribution is 0.200. The lowest BCUT2D eigenvalue weighted by atomic mass is 10.3. The monoisotopic (exact) mass is 284 g/mol. The first-order valence-corrected chi connectivity index (χ1v) is 7.33. The van der Waals surface area contributed by atoms with Gasteiger partial charge in [0, 0.05) is 26.2 Å². The van der Waals surface area contributed by atoms with Gasteiger partial charge in [-0.2, -0.15) is 0 Å². The summed E-state index contributed by atoms with van der Waals surface area (Å²) in [5, 5.41) is 1.23. The SMILES string of the molecule is CSc1ncc(OC(=S)N2CCN(C)CC2)cn1. The van der Waals surface area contributed by atoms with Crippen LogP contribution in [-0.4, -0.2) is 64.4 Å². The third kappa shape index (κ3) is 3.54. The summed E-state index contributed by atoms with van der Waals surface area (Å²) in [7, 11) is 2.11. The maximum atomic E-state index is 5.59. The highest BCUT2D eigenvalue weighted by molar-refractivity contribution is 7.98. The van der Waals surface area contributed by atoms with Crippen LogP contribution in [0.25, 0.3) is 0 Å². The van der Waals surface area contributed by atoms with Gasteiger partial charge in [0.25, 0.3) is 5.17 Å². The van der Waals surface area contributed by atoms with E-state index in [9.17, 15) is 0 Å². The molecule has 0 bridgehead atoms. The second kappa shape index (κ2) is 6.31. The van der Waals surface area contributed by atoms with E-state index >= 15 is 0 Å². The summed E-state index contributed by atoms with van der Waals surface area (Å²) in [6.45, 7) is 3.81.